The maximum atomic E-state index is 13.2. The third-order valence-corrected chi connectivity index (χ3v) is 14.7. The molecule has 402 valence electrons. The number of fused-ring (bicyclic) bond motifs is 2. The standard InChI is InChI=1S/C51H62N8O13S3/c1-6-9-10-21-59-45-18-16-34(36-31-40(47(60)52-7-2)56-41(32-36)48(61)53-8-3)28-39(45)51(4,5)46(59)14-11-13-38-27-37-26-33(15-17-44(37)58(38)22-12-23-73(64,65)66)35-29-42(49(62)54-19-24-74(67,68)69)57-43(30-35)50(63)55-20-25-75(70,71)72/h11,13-18,26,28-32H,6-10,12,19-25,27H2,1-5H3,(H6-,52,53,54,55,60,61,62,63,64,65,66,67,68,69,70,71,72). The van der Waals surface area contributed by atoms with Crippen molar-refractivity contribution in [3.63, 3.8) is 0 Å². The maximum Gasteiger partial charge on any atom is 0.269 e. The molecule has 0 saturated carbocycles. The molecule has 6 N–H and O–H groups in total. The number of unbranched alkanes of at least 4 members (excludes halogenated alkanes) is 2. The van der Waals surface area contributed by atoms with Crippen LogP contribution in [0.5, 0.6) is 0 Å². The van der Waals surface area contributed by atoms with Gasteiger partial charge in [-0.2, -0.15) is 21.4 Å². The van der Waals surface area contributed by atoms with Crippen LogP contribution in [0.2, 0.25) is 0 Å². The van der Waals surface area contributed by atoms with Gasteiger partial charge in [-0.25, -0.2) is 18.4 Å². The van der Waals surface area contributed by atoms with Gasteiger partial charge < -0.3 is 30.7 Å². The number of carbonyl (C=O) groups excluding carboxylic acids is 4. The quantitative estimate of drug-likeness (QED) is 0.0319. The van der Waals surface area contributed by atoms with E-state index in [-0.39, 0.29) is 35.7 Å². The molecule has 2 aromatic carbocycles. The van der Waals surface area contributed by atoms with Crippen LogP contribution in [0.4, 0.5) is 11.4 Å². The first-order valence-corrected chi connectivity index (χ1v) is 29.2. The van der Waals surface area contributed by atoms with E-state index in [0.717, 1.165) is 59.6 Å². The van der Waals surface area contributed by atoms with Crippen LogP contribution < -0.4 is 26.2 Å². The predicted molar refractivity (Wildman–Crippen MR) is 283 cm³/mol. The summed E-state index contributed by atoms with van der Waals surface area (Å²) >= 11 is 0. The average molecular weight is 1090 g/mol. The van der Waals surface area contributed by atoms with Gasteiger partial charge in [0, 0.05) is 79.4 Å². The van der Waals surface area contributed by atoms with E-state index in [1.165, 1.54) is 12.1 Å². The van der Waals surface area contributed by atoms with Crippen LogP contribution in [0.3, 0.4) is 0 Å². The van der Waals surface area contributed by atoms with Gasteiger partial charge in [-0.05, 0) is 103 Å². The number of hydrogen-bond acceptors (Lipinski definition) is 14. The minimum absolute atomic E-state index is 0.0187. The van der Waals surface area contributed by atoms with Gasteiger partial charge in [0.25, 0.3) is 43.9 Å². The summed E-state index contributed by atoms with van der Waals surface area (Å²) in [6.07, 6.45) is 9.16. The van der Waals surface area contributed by atoms with Crippen molar-refractivity contribution in [3.8, 4) is 22.3 Å². The molecular formula is C51H62N8O13S3. The van der Waals surface area contributed by atoms with E-state index >= 15 is 0 Å². The molecule has 4 amide bonds. The molecule has 75 heavy (non-hydrogen) atoms. The van der Waals surface area contributed by atoms with Gasteiger partial charge in [0.15, 0.2) is 5.71 Å². The van der Waals surface area contributed by atoms with Gasteiger partial charge in [0.05, 0.1) is 28.0 Å². The summed E-state index contributed by atoms with van der Waals surface area (Å²) in [7, 11) is -13.4. The monoisotopic (exact) mass is 1090 g/mol. The first kappa shape index (κ1) is 57.6. The molecule has 0 unspecified atom stereocenters. The van der Waals surface area contributed by atoms with Gasteiger partial charge in [0.2, 0.25) is 5.69 Å². The summed E-state index contributed by atoms with van der Waals surface area (Å²) in [6.45, 7) is 10.7. The molecule has 0 atom stereocenters. The average Bonchev–Trinajstić information content (AvgIpc) is 3.78. The van der Waals surface area contributed by atoms with Gasteiger partial charge in [-0.3, -0.25) is 28.3 Å². The highest BCUT2D eigenvalue weighted by atomic mass is 32.2. The van der Waals surface area contributed by atoms with Crippen LogP contribution in [0.25, 0.3) is 22.3 Å². The van der Waals surface area contributed by atoms with E-state index in [0.29, 0.717) is 41.9 Å². The zero-order valence-electron chi connectivity index (χ0n) is 42.3. The zero-order chi connectivity index (χ0) is 54.9. The van der Waals surface area contributed by atoms with Crippen LogP contribution in [0.15, 0.2) is 84.6 Å². The molecule has 0 fully saturated rings. The molecule has 2 aromatic heterocycles. The van der Waals surface area contributed by atoms with Crippen molar-refractivity contribution in [1.29, 1.82) is 0 Å². The highest BCUT2D eigenvalue weighted by molar-refractivity contribution is 7.86. The molecule has 0 radical (unpaired) electrons. The van der Waals surface area contributed by atoms with Crippen molar-refractivity contribution >= 4 is 71.1 Å². The van der Waals surface area contributed by atoms with Crippen molar-refractivity contribution < 1.29 is 62.7 Å². The van der Waals surface area contributed by atoms with Crippen molar-refractivity contribution in [2.45, 2.75) is 72.1 Å². The molecule has 0 spiro atoms. The lowest BCUT2D eigenvalue weighted by Gasteiger charge is -2.27. The SMILES string of the molecule is CCCCCN1/C(=C/C=C/C2=[N+](CCCS(=O)(=O)[O-])c3ccc(-c4cc(C(=O)NCCS(=O)(=O)O)nc(C(=O)NCCS(=O)(=O)O)c4)cc3C2)C(C)(C)c2cc(-c3cc(C(=O)NCC)nc(C(=O)NCC)c3)ccc21. The molecule has 0 saturated heterocycles. The Bertz CT molecular complexity index is 3210. The van der Waals surface area contributed by atoms with E-state index in [1.807, 2.05) is 41.0 Å². The van der Waals surface area contributed by atoms with Crippen LogP contribution in [0, 0.1) is 0 Å². The Morgan fingerprint density at radius 1 is 0.680 bits per heavy atom. The normalized spacial score (nSPS) is 14.8. The fourth-order valence-electron chi connectivity index (χ4n) is 8.92. The van der Waals surface area contributed by atoms with Crippen LogP contribution in [0.1, 0.15) is 113 Å². The smallest absolute Gasteiger partial charge is 0.269 e. The predicted octanol–water partition coefficient (Wildman–Crippen LogP) is 4.55. The summed E-state index contributed by atoms with van der Waals surface area (Å²) in [5, 5.41) is 10.2. The number of nitrogens with zero attached hydrogens (tertiary/aromatic N) is 4. The van der Waals surface area contributed by atoms with Crippen LogP contribution in [-0.2, 0) is 42.2 Å². The van der Waals surface area contributed by atoms with Crippen molar-refractivity contribution in [2.75, 3.05) is 61.4 Å². The van der Waals surface area contributed by atoms with Crippen molar-refractivity contribution in [2.24, 2.45) is 0 Å². The summed E-state index contributed by atoms with van der Waals surface area (Å²) in [5.74, 6) is -4.75. The topological polar surface area (TPSA) is 314 Å². The second kappa shape index (κ2) is 24.3. The Hall–Kier alpha value is -6.70. The Kier molecular flexibility index (Phi) is 18.7. The van der Waals surface area contributed by atoms with E-state index in [2.05, 4.69) is 63.0 Å². The molecular weight excluding hydrogens is 1030 g/mol. The molecule has 4 aromatic rings. The Morgan fingerprint density at radius 3 is 1.68 bits per heavy atom. The highest BCUT2D eigenvalue weighted by Gasteiger charge is 2.40. The third kappa shape index (κ3) is 15.2. The number of benzene rings is 2. The zero-order valence-corrected chi connectivity index (χ0v) is 44.8. The van der Waals surface area contributed by atoms with Gasteiger partial charge >= 0.3 is 0 Å². The van der Waals surface area contributed by atoms with E-state index in [9.17, 15) is 49.0 Å². The Labute approximate surface area is 437 Å². The first-order chi connectivity index (χ1) is 35.3. The number of amides is 4. The summed E-state index contributed by atoms with van der Waals surface area (Å²) < 4.78 is 101. The molecule has 2 aliphatic rings. The summed E-state index contributed by atoms with van der Waals surface area (Å²) in [5.41, 5.74) is 6.59. The second-order valence-electron chi connectivity index (χ2n) is 18.5. The minimum Gasteiger partial charge on any atom is -0.748 e. The summed E-state index contributed by atoms with van der Waals surface area (Å²) in [4.78, 5) is 63.3. The van der Waals surface area contributed by atoms with E-state index in [4.69, 9.17) is 9.11 Å². The third-order valence-electron chi connectivity index (χ3n) is 12.5. The summed E-state index contributed by atoms with van der Waals surface area (Å²) in [6, 6.07) is 17.5. The number of nitrogens with one attached hydrogen (secondary N) is 4. The molecule has 0 bridgehead atoms. The van der Waals surface area contributed by atoms with Crippen LogP contribution >= 0.6 is 0 Å². The lowest BCUT2D eigenvalue weighted by Crippen LogP contribution is -2.32. The van der Waals surface area contributed by atoms with Gasteiger partial charge in [0.1, 0.15) is 29.3 Å². The Balaban J connectivity index is 1.37. The molecule has 4 heterocycles. The minimum atomic E-state index is -4.54. The number of carbonyl (C=O) groups is 4. The number of allylic oxidation sites excluding steroid dienone is 4. The molecule has 2 aliphatic heterocycles. The molecule has 6 rings (SSSR count). The number of pyridine rings is 2. The largest absolute Gasteiger partial charge is 0.748 e. The fraction of sp³-hybridized carbons (Fsp3) is 0.392. The van der Waals surface area contributed by atoms with E-state index in [1.54, 1.807) is 38.1 Å². The molecule has 0 aliphatic carbocycles. The molecule has 24 heteroatoms. The number of aromatic nitrogens is 2. The first-order valence-electron chi connectivity index (χ1n) is 24.4. The van der Waals surface area contributed by atoms with Crippen molar-refractivity contribution in [3.05, 3.63) is 118 Å². The van der Waals surface area contributed by atoms with Crippen molar-refractivity contribution in [1.82, 2.24) is 31.2 Å². The van der Waals surface area contributed by atoms with E-state index < -0.39 is 89.7 Å². The van der Waals surface area contributed by atoms with Crippen LogP contribution in [-0.4, -0.2) is 139 Å². The number of hydrogen-bond donors (Lipinski definition) is 6. The highest BCUT2D eigenvalue weighted by Crippen LogP contribution is 2.49. The van der Waals surface area contributed by atoms with Gasteiger partial charge in [-0.1, -0.05) is 45.8 Å². The second-order valence-corrected chi connectivity index (χ2v) is 23.1. The Morgan fingerprint density at radius 2 is 1.19 bits per heavy atom. The number of rotatable bonds is 24. The lowest BCUT2D eigenvalue weighted by atomic mass is 9.82. The lowest BCUT2D eigenvalue weighted by molar-refractivity contribution is -0.436. The maximum absolute atomic E-state index is 13.2. The fourth-order valence-corrected chi connectivity index (χ4v) is 10.1. The molecule has 21 nitrogen and oxygen atoms in total. The number of anilines is 1. The van der Waals surface area contributed by atoms with Gasteiger partial charge in [-0.15, -0.1) is 0 Å².